The number of aromatic nitrogens is 1. The molecule has 28 heavy (non-hydrogen) atoms. The molecule has 0 aliphatic carbocycles. The van der Waals surface area contributed by atoms with E-state index in [1.807, 2.05) is 48.5 Å². The van der Waals surface area contributed by atoms with Crippen LogP contribution in [0, 0.1) is 0 Å². The monoisotopic (exact) mass is 379 g/mol. The highest BCUT2D eigenvalue weighted by Gasteiger charge is 2.13. The number of pyridine rings is 1. The van der Waals surface area contributed by atoms with E-state index in [1.54, 1.807) is 14.2 Å². The zero-order chi connectivity index (χ0) is 19.8. The summed E-state index contributed by atoms with van der Waals surface area (Å²) in [5, 5.41) is 0. The molecule has 0 radical (unpaired) electrons. The van der Waals surface area contributed by atoms with Crippen molar-refractivity contribution in [1.29, 1.82) is 0 Å². The number of carbonyl (C=O) groups excluding carboxylic acids is 1. The summed E-state index contributed by atoms with van der Waals surface area (Å²) in [4.78, 5) is 15.8. The van der Waals surface area contributed by atoms with Crippen LogP contribution in [0.3, 0.4) is 0 Å². The Kier molecular flexibility index (Phi) is 6.73. The van der Waals surface area contributed by atoms with Crippen molar-refractivity contribution in [2.45, 2.75) is 13.2 Å². The first-order valence-corrected chi connectivity index (χ1v) is 8.68. The molecule has 0 spiro atoms. The summed E-state index contributed by atoms with van der Waals surface area (Å²) in [7, 11) is 3.28. The fraction of sp³-hybridized carbons (Fsp3) is 0.182. The standard InChI is InChI=1S/C22H21NO5/c1-25-14-16-3-7-18(8-4-16)27-21-11-23-12-22(20(21)13-24)28-19-9-5-17(6-10-19)15-26-2/h3-13H,14-15H2,1-2H3. The summed E-state index contributed by atoms with van der Waals surface area (Å²) >= 11 is 0. The third-order valence-corrected chi connectivity index (χ3v) is 3.96. The van der Waals surface area contributed by atoms with Crippen molar-refractivity contribution in [3.05, 3.63) is 77.6 Å². The van der Waals surface area contributed by atoms with Crippen molar-refractivity contribution in [3.63, 3.8) is 0 Å². The van der Waals surface area contributed by atoms with Crippen molar-refractivity contribution in [3.8, 4) is 23.0 Å². The molecule has 0 N–H and O–H groups in total. The van der Waals surface area contributed by atoms with Gasteiger partial charge in [-0.05, 0) is 35.4 Å². The smallest absolute Gasteiger partial charge is 0.159 e. The third-order valence-electron chi connectivity index (χ3n) is 3.96. The molecule has 1 heterocycles. The number of rotatable bonds is 9. The maximum atomic E-state index is 11.7. The van der Waals surface area contributed by atoms with Gasteiger partial charge in [-0.3, -0.25) is 9.78 Å². The predicted octanol–water partition coefficient (Wildman–Crippen LogP) is 4.77. The molecule has 0 fully saturated rings. The number of carbonyl (C=O) groups is 1. The SMILES string of the molecule is COCc1ccc(Oc2cncc(Oc3ccc(COC)cc3)c2C=O)cc1. The molecule has 2 aromatic carbocycles. The van der Waals surface area contributed by atoms with Crippen LogP contribution in [-0.4, -0.2) is 25.5 Å². The first-order valence-electron chi connectivity index (χ1n) is 8.68. The zero-order valence-corrected chi connectivity index (χ0v) is 15.8. The highest BCUT2D eigenvalue weighted by atomic mass is 16.5. The second-order valence-corrected chi connectivity index (χ2v) is 6.03. The highest BCUT2D eigenvalue weighted by molar-refractivity contribution is 5.83. The zero-order valence-electron chi connectivity index (χ0n) is 15.8. The first kappa shape index (κ1) is 19.5. The van der Waals surface area contributed by atoms with Crippen LogP contribution in [0.4, 0.5) is 0 Å². The summed E-state index contributed by atoms with van der Waals surface area (Å²) in [5.74, 6) is 1.82. The van der Waals surface area contributed by atoms with Crippen LogP contribution in [-0.2, 0) is 22.7 Å². The Bertz CT molecular complexity index is 837. The molecule has 144 valence electrons. The van der Waals surface area contributed by atoms with Gasteiger partial charge in [-0.2, -0.15) is 0 Å². The number of methoxy groups -OCH3 is 2. The summed E-state index contributed by atoms with van der Waals surface area (Å²) in [6.07, 6.45) is 3.67. The Labute approximate surface area is 163 Å². The van der Waals surface area contributed by atoms with Gasteiger partial charge in [0.15, 0.2) is 17.8 Å². The average Bonchev–Trinajstić information content (AvgIpc) is 2.72. The van der Waals surface area contributed by atoms with Gasteiger partial charge in [-0.1, -0.05) is 24.3 Å². The van der Waals surface area contributed by atoms with Gasteiger partial charge in [0.25, 0.3) is 0 Å². The molecule has 6 nitrogen and oxygen atoms in total. The van der Waals surface area contributed by atoms with E-state index in [0.29, 0.717) is 42.5 Å². The maximum Gasteiger partial charge on any atom is 0.159 e. The minimum atomic E-state index is 0.289. The quantitative estimate of drug-likeness (QED) is 0.499. The average molecular weight is 379 g/mol. The third kappa shape index (κ3) is 4.94. The van der Waals surface area contributed by atoms with Crippen molar-refractivity contribution >= 4 is 6.29 Å². The van der Waals surface area contributed by atoms with E-state index in [0.717, 1.165) is 11.1 Å². The van der Waals surface area contributed by atoms with Crippen LogP contribution in [0.25, 0.3) is 0 Å². The Hall–Kier alpha value is -3.22. The lowest BCUT2D eigenvalue weighted by Crippen LogP contribution is -1.97. The Balaban J connectivity index is 1.79. The lowest BCUT2D eigenvalue weighted by molar-refractivity contribution is 0.111. The second kappa shape index (κ2) is 9.64. The summed E-state index contributed by atoms with van der Waals surface area (Å²) in [5.41, 5.74) is 2.34. The van der Waals surface area contributed by atoms with Crippen LogP contribution in [0.15, 0.2) is 60.9 Å². The number of benzene rings is 2. The lowest BCUT2D eigenvalue weighted by atomic mass is 10.2. The van der Waals surface area contributed by atoms with Crippen molar-refractivity contribution in [2.75, 3.05) is 14.2 Å². The normalized spacial score (nSPS) is 10.5. The Morgan fingerprint density at radius 2 is 1.18 bits per heavy atom. The molecule has 0 saturated heterocycles. The minimum absolute atomic E-state index is 0.289. The largest absolute Gasteiger partial charge is 0.455 e. The number of hydrogen-bond donors (Lipinski definition) is 0. The lowest BCUT2D eigenvalue weighted by Gasteiger charge is -2.12. The summed E-state index contributed by atoms with van der Waals surface area (Å²) < 4.78 is 21.9. The molecule has 3 rings (SSSR count). The van der Waals surface area contributed by atoms with Gasteiger partial charge < -0.3 is 18.9 Å². The number of hydrogen-bond acceptors (Lipinski definition) is 6. The van der Waals surface area contributed by atoms with Gasteiger partial charge in [0.1, 0.15) is 17.1 Å². The van der Waals surface area contributed by atoms with E-state index >= 15 is 0 Å². The molecule has 0 atom stereocenters. The van der Waals surface area contributed by atoms with Gasteiger partial charge >= 0.3 is 0 Å². The number of nitrogens with zero attached hydrogens (tertiary/aromatic N) is 1. The molecule has 0 amide bonds. The van der Waals surface area contributed by atoms with E-state index in [-0.39, 0.29) is 5.56 Å². The van der Waals surface area contributed by atoms with Crippen molar-refractivity contribution < 1.29 is 23.7 Å². The molecular weight excluding hydrogens is 358 g/mol. The van der Waals surface area contributed by atoms with Gasteiger partial charge in [0.2, 0.25) is 0 Å². The molecule has 0 saturated carbocycles. The first-order chi connectivity index (χ1) is 13.7. The van der Waals surface area contributed by atoms with E-state index in [4.69, 9.17) is 18.9 Å². The number of aldehydes is 1. The van der Waals surface area contributed by atoms with E-state index in [2.05, 4.69) is 4.98 Å². The van der Waals surface area contributed by atoms with Crippen LogP contribution in [0.1, 0.15) is 21.5 Å². The molecular formula is C22H21NO5. The molecule has 6 heteroatoms. The van der Waals surface area contributed by atoms with Crippen LogP contribution in [0.5, 0.6) is 23.0 Å². The fourth-order valence-corrected chi connectivity index (χ4v) is 2.61. The van der Waals surface area contributed by atoms with Gasteiger partial charge in [0, 0.05) is 14.2 Å². The van der Waals surface area contributed by atoms with Crippen molar-refractivity contribution in [2.24, 2.45) is 0 Å². The second-order valence-electron chi connectivity index (χ2n) is 6.03. The molecule has 0 bridgehead atoms. The fourth-order valence-electron chi connectivity index (χ4n) is 2.61. The topological polar surface area (TPSA) is 66.9 Å². The summed E-state index contributed by atoms with van der Waals surface area (Å²) in [6, 6.07) is 14.8. The molecule has 0 aliphatic heterocycles. The Morgan fingerprint density at radius 3 is 1.54 bits per heavy atom. The van der Waals surface area contributed by atoms with Crippen LogP contribution < -0.4 is 9.47 Å². The van der Waals surface area contributed by atoms with E-state index in [9.17, 15) is 4.79 Å². The van der Waals surface area contributed by atoms with Crippen molar-refractivity contribution in [1.82, 2.24) is 4.98 Å². The van der Waals surface area contributed by atoms with Gasteiger partial charge in [-0.15, -0.1) is 0 Å². The minimum Gasteiger partial charge on any atom is -0.455 e. The van der Waals surface area contributed by atoms with Crippen LogP contribution >= 0.6 is 0 Å². The summed E-state index contributed by atoms with van der Waals surface area (Å²) in [6.45, 7) is 1.04. The molecule has 3 aromatic rings. The van der Waals surface area contributed by atoms with E-state index in [1.165, 1.54) is 12.4 Å². The predicted molar refractivity (Wildman–Crippen MR) is 104 cm³/mol. The number of ether oxygens (including phenoxy) is 4. The highest BCUT2D eigenvalue weighted by Crippen LogP contribution is 2.32. The maximum absolute atomic E-state index is 11.7. The van der Waals surface area contributed by atoms with Gasteiger partial charge in [-0.25, -0.2) is 0 Å². The molecule has 0 aliphatic rings. The van der Waals surface area contributed by atoms with Gasteiger partial charge in [0.05, 0.1) is 25.6 Å². The van der Waals surface area contributed by atoms with E-state index < -0.39 is 0 Å². The molecule has 0 unspecified atom stereocenters. The van der Waals surface area contributed by atoms with Crippen LogP contribution in [0.2, 0.25) is 0 Å². The molecule has 1 aromatic heterocycles. The Morgan fingerprint density at radius 1 is 0.750 bits per heavy atom.